The number of cyclic esters (lactones) is 1. The maximum atomic E-state index is 11.7. The van der Waals surface area contributed by atoms with E-state index in [-0.39, 0.29) is 5.97 Å². The van der Waals surface area contributed by atoms with Crippen LogP contribution in [0, 0.1) is 0 Å². The molecule has 0 amide bonds. The van der Waals surface area contributed by atoms with Crippen LogP contribution in [0.4, 0.5) is 5.69 Å². The van der Waals surface area contributed by atoms with Crippen LogP contribution in [0.3, 0.4) is 0 Å². The Hall–Kier alpha value is -1.51. The highest BCUT2D eigenvalue weighted by molar-refractivity contribution is 5.99. The second-order valence-corrected chi connectivity index (χ2v) is 4.44. The van der Waals surface area contributed by atoms with E-state index in [4.69, 9.17) is 4.74 Å². The first-order valence-corrected chi connectivity index (χ1v) is 5.90. The van der Waals surface area contributed by atoms with Crippen LogP contribution in [0.1, 0.15) is 35.2 Å². The maximum Gasteiger partial charge on any atom is 0.340 e. The van der Waals surface area contributed by atoms with Crippen LogP contribution in [0.2, 0.25) is 0 Å². The zero-order chi connectivity index (χ0) is 11.0. The Labute approximate surface area is 95.0 Å². The molecular formula is C13H15NO2. The zero-order valence-corrected chi connectivity index (χ0v) is 9.24. The van der Waals surface area contributed by atoms with Gasteiger partial charge in [-0.1, -0.05) is 12.1 Å². The number of benzene rings is 1. The van der Waals surface area contributed by atoms with E-state index in [0.717, 1.165) is 29.9 Å². The molecule has 1 aromatic carbocycles. The lowest BCUT2D eigenvalue weighted by atomic mass is 10.0. The lowest BCUT2D eigenvalue weighted by Gasteiger charge is -2.29. The third-order valence-electron chi connectivity index (χ3n) is 3.39. The maximum absolute atomic E-state index is 11.7. The SMILES string of the molecule is O=C1OCc2cccc(N3CCCCC3)c21. The van der Waals surface area contributed by atoms with E-state index in [1.54, 1.807) is 0 Å². The molecule has 0 spiro atoms. The van der Waals surface area contributed by atoms with Gasteiger partial charge in [0.2, 0.25) is 0 Å². The second kappa shape index (κ2) is 3.81. The molecule has 84 valence electrons. The summed E-state index contributed by atoms with van der Waals surface area (Å²) in [5.74, 6) is -0.156. The molecule has 3 heteroatoms. The van der Waals surface area contributed by atoms with Crippen molar-refractivity contribution in [3.8, 4) is 0 Å². The van der Waals surface area contributed by atoms with Crippen molar-refractivity contribution >= 4 is 11.7 Å². The molecule has 0 aromatic heterocycles. The Kier molecular flexibility index (Phi) is 2.31. The van der Waals surface area contributed by atoms with Crippen LogP contribution in [0.5, 0.6) is 0 Å². The predicted molar refractivity (Wildman–Crippen MR) is 61.6 cm³/mol. The molecule has 2 aliphatic heterocycles. The molecule has 1 fully saturated rings. The largest absolute Gasteiger partial charge is 0.457 e. The third kappa shape index (κ3) is 1.47. The minimum absolute atomic E-state index is 0.156. The number of ether oxygens (including phenoxy) is 1. The molecule has 0 N–H and O–H groups in total. The summed E-state index contributed by atoms with van der Waals surface area (Å²) in [6.45, 7) is 2.56. The number of fused-ring (bicyclic) bond motifs is 1. The number of rotatable bonds is 1. The van der Waals surface area contributed by atoms with Crippen molar-refractivity contribution < 1.29 is 9.53 Å². The summed E-state index contributed by atoms with van der Waals surface area (Å²) in [6.07, 6.45) is 3.74. The molecule has 0 aliphatic carbocycles. The van der Waals surface area contributed by atoms with Crippen LogP contribution >= 0.6 is 0 Å². The molecular weight excluding hydrogens is 202 g/mol. The number of hydrogen-bond donors (Lipinski definition) is 0. The van der Waals surface area contributed by atoms with Gasteiger partial charge in [-0.15, -0.1) is 0 Å². The Bertz CT molecular complexity index is 422. The van der Waals surface area contributed by atoms with Gasteiger partial charge in [0.1, 0.15) is 6.61 Å². The Morgan fingerprint density at radius 1 is 1.12 bits per heavy atom. The third-order valence-corrected chi connectivity index (χ3v) is 3.39. The second-order valence-electron chi connectivity index (χ2n) is 4.44. The van der Waals surface area contributed by atoms with Crippen molar-refractivity contribution in [2.45, 2.75) is 25.9 Å². The first-order valence-electron chi connectivity index (χ1n) is 5.90. The number of carbonyl (C=O) groups excluding carboxylic acids is 1. The quantitative estimate of drug-likeness (QED) is 0.676. The molecule has 0 unspecified atom stereocenters. The Balaban J connectivity index is 2.00. The molecule has 1 saturated heterocycles. The number of piperidine rings is 1. The van der Waals surface area contributed by atoms with Gasteiger partial charge in [-0.2, -0.15) is 0 Å². The van der Waals surface area contributed by atoms with Crippen LogP contribution in [0.25, 0.3) is 0 Å². The molecule has 16 heavy (non-hydrogen) atoms. The summed E-state index contributed by atoms with van der Waals surface area (Å²) in [5, 5.41) is 0. The fraction of sp³-hybridized carbons (Fsp3) is 0.462. The summed E-state index contributed by atoms with van der Waals surface area (Å²) >= 11 is 0. The van der Waals surface area contributed by atoms with E-state index >= 15 is 0 Å². The topological polar surface area (TPSA) is 29.5 Å². The van der Waals surface area contributed by atoms with Crippen molar-refractivity contribution in [2.24, 2.45) is 0 Å². The summed E-state index contributed by atoms with van der Waals surface area (Å²) < 4.78 is 5.09. The molecule has 2 heterocycles. The average molecular weight is 217 g/mol. The number of hydrogen-bond acceptors (Lipinski definition) is 3. The number of nitrogens with zero attached hydrogens (tertiary/aromatic N) is 1. The van der Waals surface area contributed by atoms with Crippen molar-refractivity contribution in [1.82, 2.24) is 0 Å². The highest BCUT2D eigenvalue weighted by Crippen LogP contribution is 2.31. The number of anilines is 1. The van der Waals surface area contributed by atoms with E-state index in [1.807, 2.05) is 18.2 Å². The summed E-state index contributed by atoms with van der Waals surface area (Å²) in [5.41, 5.74) is 2.90. The standard InChI is InChI=1S/C13H15NO2/c15-13-12-10(9-16-13)5-4-6-11(12)14-7-2-1-3-8-14/h4-6H,1-3,7-9H2. The van der Waals surface area contributed by atoms with Gasteiger partial charge in [0.05, 0.1) is 11.3 Å². The van der Waals surface area contributed by atoms with Gasteiger partial charge in [0.25, 0.3) is 0 Å². The highest BCUT2D eigenvalue weighted by atomic mass is 16.5. The van der Waals surface area contributed by atoms with Crippen molar-refractivity contribution in [3.63, 3.8) is 0 Å². The summed E-state index contributed by atoms with van der Waals surface area (Å²) in [7, 11) is 0. The van der Waals surface area contributed by atoms with Gasteiger partial charge in [0.15, 0.2) is 0 Å². The first-order chi connectivity index (χ1) is 7.86. The van der Waals surface area contributed by atoms with Crippen LogP contribution < -0.4 is 4.90 Å². The molecule has 3 rings (SSSR count). The van der Waals surface area contributed by atoms with Gasteiger partial charge in [0, 0.05) is 18.7 Å². The van der Waals surface area contributed by atoms with Crippen molar-refractivity contribution in [3.05, 3.63) is 29.3 Å². The van der Waals surface area contributed by atoms with Gasteiger partial charge in [-0.25, -0.2) is 4.79 Å². The van der Waals surface area contributed by atoms with E-state index in [0.29, 0.717) is 6.61 Å². The highest BCUT2D eigenvalue weighted by Gasteiger charge is 2.27. The number of carbonyl (C=O) groups is 1. The summed E-state index contributed by atoms with van der Waals surface area (Å²) in [4.78, 5) is 14.0. The zero-order valence-electron chi connectivity index (χ0n) is 9.24. The van der Waals surface area contributed by atoms with E-state index in [9.17, 15) is 4.79 Å². The predicted octanol–water partition coefficient (Wildman–Crippen LogP) is 2.35. The molecule has 0 atom stereocenters. The van der Waals surface area contributed by atoms with Gasteiger partial charge in [-0.05, 0) is 25.3 Å². The lowest BCUT2D eigenvalue weighted by Crippen LogP contribution is -2.30. The molecule has 3 nitrogen and oxygen atoms in total. The van der Waals surface area contributed by atoms with Crippen molar-refractivity contribution in [1.29, 1.82) is 0 Å². The number of esters is 1. The lowest BCUT2D eigenvalue weighted by molar-refractivity contribution is 0.0535. The van der Waals surface area contributed by atoms with Crippen LogP contribution in [-0.4, -0.2) is 19.1 Å². The Morgan fingerprint density at radius 2 is 1.94 bits per heavy atom. The van der Waals surface area contributed by atoms with E-state index < -0.39 is 0 Å². The van der Waals surface area contributed by atoms with Crippen molar-refractivity contribution in [2.75, 3.05) is 18.0 Å². The minimum atomic E-state index is -0.156. The van der Waals surface area contributed by atoms with E-state index in [2.05, 4.69) is 4.90 Å². The molecule has 0 radical (unpaired) electrons. The monoisotopic (exact) mass is 217 g/mol. The average Bonchev–Trinajstić information content (AvgIpc) is 2.73. The fourth-order valence-corrected chi connectivity index (χ4v) is 2.56. The normalized spacial score (nSPS) is 19.5. The fourth-order valence-electron chi connectivity index (χ4n) is 2.56. The minimum Gasteiger partial charge on any atom is -0.457 e. The van der Waals surface area contributed by atoms with Gasteiger partial charge < -0.3 is 9.64 Å². The van der Waals surface area contributed by atoms with Crippen LogP contribution in [0.15, 0.2) is 18.2 Å². The molecule has 0 saturated carbocycles. The Morgan fingerprint density at radius 3 is 2.75 bits per heavy atom. The van der Waals surface area contributed by atoms with E-state index in [1.165, 1.54) is 19.3 Å². The first kappa shape index (κ1) is 9.70. The summed E-state index contributed by atoms with van der Waals surface area (Å²) in [6, 6.07) is 6.04. The van der Waals surface area contributed by atoms with Gasteiger partial charge >= 0.3 is 5.97 Å². The molecule has 0 bridgehead atoms. The van der Waals surface area contributed by atoms with Crippen LogP contribution in [-0.2, 0) is 11.3 Å². The molecule has 1 aromatic rings. The van der Waals surface area contributed by atoms with Gasteiger partial charge in [-0.3, -0.25) is 0 Å². The smallest absolute Gasteiger partial charge is 0.340 e. The molecule has 2 aliphatic rings.